The largest absolute Gasteiger partial charge is 0.492 e. The van der Waals surface area contributed by atoms with Gasteiger partial charge in [-0.1, -0.05) is 37.1 Å². The molecule has 2 aromatic heterocycles. The van der Waals surface area contributed by atoms with Crippen LogP contribution in [0.2, 0.25) is 5.28 Å². The zero-order chi connectivity index (χ0) is 27.3. The number of rotatable bonds is 10. The summed E-state index contributed by atoms with van der Waals surface area (Å²) in [6, 6.07) is 16.3. The summed E-state index contributed by atoms with van der Waals surface area (Å²) in [4.78, 5) is 18.4. The van der Waals surface area contributed by atoms with Crippen LogP contribution in [0.15, 0.2) is 54.9 Å². The molecule has 3 heterocycles. The summed E-state index contributed by atoms with van der Waals surface area (Å²) >= 11 is 6.35. The van der Waals surface area contributed by atoms with Gasteiger partial charge < -0.3 is 24.3 Å². The predicted octanol–water partition coefficient (Wildman–Crippen LogP) is 5.54. The van der Waals surface area contributed by atoms with Gasteiger partial charge in [-0.2, -0.15) is 9.97 Å². The second-order valence-electron chi connectivity index (χ2n) is 10.7. The van der Waals surface area contributed by atoms with Crippen molar-refractivity contribution in [3.63, 3.8) is 0 Å². The average Bonchev–Trinajstić information content (AvgIpc) is 3.65. The zero-order valence-electron chi connectivity index (χ0n) is 22.9. The number of benzene rings is 2. The van der Waals surface area contributed by atoms with Crippen molar-refractivity contribution in [2.75, 3.05) is 51.7 Å². The molecule has 2 aromatic carbocycles. The number of aromatic nitrogens is 4. The topological polar surface area (TPSA) is 80.6 Å². The van der Waals surface area contributed by atoms with Crippen LogP contribution >= 0.6 is 11.6 Å². The molecule has 10 heteroatoms. The lowest BCUT2D eigenvalue weighted by molar-refractivity contribution is 0.133. The number of imidazole rings is 1. The highest BCUT2D eigenvalue weighted by molar-refractivity contribution is 6.28. The molecule has 9 nitrogen and oxygen atoms in total. The fourth-order valence-electron chi connectivity index (χ4n) is 5.46. The average molecular weight is 562 g/mol. The van der Waals surface area contributed by atoms with Gasteiger partial charge in [0, 0.05) is 38.8 Å². The number of ether oxygens (including phenoxy) is 2. The van der Waals surface area contributed by atoms with Crippen molar-refractivity contribution in [2.45, 2.75) is 38.3 Å². The molecule has 1 N–H and O–H groups in total. The van der Waals surface area contributed by atoms with Gasteiger partial charge in [0.15, 0.2) is 17.0 Å². The molecular formula is C30H36ClN7O2. The number of hydrogen-bond acceptors (Lipinski definition) is 8. The smallest absolute Gasteiger partial charge is 0.226 e. The molecule has 1 aliphatic heterocycles. The van der Waals surface area contributed by atoms with E-state index >= 15 is 0 Å². The van der Waals surface area contributed by atoms with Gasteiger partial charge in [0.1, 0.15) is 24.7 Å². The number of halogens is 1. The van der Waals surface area contributed by atoms with Crippen molar-refractivity contribution in [3.8, 4) is 11.5 Å². The van der Waals surface area contributed by atoms with Crippen molar-refractivity contribution in [2.24, 2.45) is 0 Å². The first-order chi connectivity index (χ1) is 19.6. The molecule has 210 valence electrons. The molecular weight excluding hydrogens is 526 g/mol. The van der Waals surface area contributed by atoms with E-state index in [4.69, 9.17) is 21.1 Å². The second kappa shape index (κ2) is 12.4. The Morgan fingerprint density at radius 2 is 1.73 bits per heavy atom. The number of likely N-dealkylation sites (N-methyl/N-ethyl adjacent to an activating group) is 1. The summed E-state index contributed by atoms with van der Waals surface area (Å²) in [5, 5.41) is 3.59. The third-order valence-corrected chi connectivity index (χ3v) is 8.01. The Morgan fingerprint density at radius 1 is 0.950 bits per heavy atom. The van der Waals surface area contributed by atoms with Gasteiger partial charge >= 0.3 is 0 Å². The Labute approximate surface area is 240 Å². The number of hydrogen-bond donors (Lipinski definition) is 1. The summed E-state index contributed by atoms with van der Waals surface area (Å²) in [5.74, 6) is 2.16. The minimum Gasteiger partial charge on any atom is -0.492 e. The molecule has 0 unspecified atom stereocenters. The lowest BCUT2D eigenvalue weighted by Crippen LogP contribution is -2.45. The Bertz CT molecular complexity index is 1410. The maximum atomic E-state index is 6.35. The summed E-state index contributed by atoms with van der Waals surface area (Å²) in [6.45, 7) is 6.52. The number of nitrogens with zero attached hydrogens (tertiary/aromatic N) is 6. The van der Waals surface area contributed by atoms with E-state index in [2.05, 4.69) is 41.7 Å². The number of piperazine rings is 1. The molecule has 1 saturated heterocycles. The van der Waals surface area contributed by atoms with Crippen LogP contribution in [0, 0.1) is 0 Å². The van der Waals surface area contributed by atoms with Crippen LogP contribution < -0.4 is 14.8 Å². The first-order valence-electron chi connectivity index (χ1n) is 14.1. The lowest BCUT2D eigenvalue weighted by atomic mass is 10.2. The zero-order valence-corrected chi connectivity index (χ0v) is 23.7. The van der Waals surface area contributed by atoms with E-state index in [9.17, 15) is 0 Å². The van der Waals surface area contributed by atoms with Gasteiger partial charge in [-0.3, -0.25) is 4.90 Å². The molecule has 40 heavy (non-hydrogen) atoms. The van der Waals surface area contributed by atoms with Gasteiger partial charge in [0.2, 0.25) is 5.28 Å². The van der Waals surface area contributed by atoms with Gasteiger partial charge in [-0.25, -0.2) is 4.98 Å². The molecule has 0 bridgehead atoms. The van der Waals surface area contributed by atoms with E-state index in [1.54, 1.807) is 0 Å². The molecule has 6 rings (SSSR count). The van der Waals surface area contributed by atoms with Crippen molar-refractivity contribution >= 4 is 34.3 Å². The van der Waals surface area contributed by atoms with Crippen LogP contribution in [0.4, 0.5) is 11.5 Å². The van der Waals surface area contributed by atoms with E-state index in [1.165, 1.54) is 12.8 Å². The van der Waals surface area contributed by atoms with Crippen molar-refractivity contribution < 1.29 is 9.47 Å². The molecule has 2 aliphatic rings. The van der Waals surface area contributed by atoms with Crippen LogP contribution in [0.5, 0.6) is 11.5 Å². The summed E-state index contributed by atoms with van der Waals surface area (Å²) < 4.78 is 14.3. The molecule has 0 spiro atoms. The summed E-state index contributed by atoms with van der Waals surface area (Å²) in [7, 11) is 2.17. The normalized spacial score (nSPS) is 16.9. The third-order valence-electron chi connectivity index (χ3n) is 7.84. The minimum atomic E-state index is 0.194. The van der Waals surface area contributed by atoms with Crippen molar-refractivity contribution in [1.29, 1.82) is 0 Å². The minimum absolute atomic E-state index is 0.194. The van der Waals surface area contributed by atoms with Crippen molar-refractivity contribution in [3.05, 3.63) is 65.7 Å². The number of anilines is 2. The van der Waals surface area contributed by atoms with Gasteiger partial charge in [-0.05, 0) is 61.3 Å². The Morgan fingerprint density at radius 3 is 2.52 bits per heavy atom. The van der Waals surface area contributed by atoms with E-state index in [0.717, 1.165) is 68.2 Å². The van der Waals surface area contributed by atoms with Crippen LogP contribution in [0.25, 0.3) is 11.2 Å². The van der Waals surface area contributed by atoms with Gasteiger partial charge in [-0.15, -0.1) is 0 Å². The number of para-hydroxylation sites is 2. The van der Waals surface area contributed by atoms with E-state index in [-0.39, 0.29) is 5.28 Å². The number of fused-ring (bicyclic) bond motifs is 1. The highest BCUT2D eigenvalue weighted by Gasteiger charge is 2.22. The van der Waals surface area contributed by atoms with E-state index in [1.807, 2.05) is 54.9 Å². The van der Waals surface area contributed by atoms with E-state index < -0.39 is 0 Å². The maximum Gasteiger partial charge on any atom is 0.226 e. The molecule has 1 aliphatic carbocycles. The van der Waals surface area contributed by atoms with E-state index in [0.29, 0.717) is 36.3 Å². The first-order valence-corrected chi connectivity index (χ1v) is 14.5. The lowest BCUT2D eigenvalue weighted by Gasteiger charge is -2.32. The van der Waals surface area contributed by atoms with Crippen LogP contribution in [0.3, 0.4) is 0 Å². The Kier molecular flexibility index (Phi) is 8.32. The summed E-state index contributed by atoms with van der Waals surface area (Å²) in [6.07, 6.45) is 6.59. The maximum absolute atomic E-state index is 6.35. The monoisotopic (exact) mass is 561 g/mol. The highest BCUT2D eigenvalue weighted by Crippen LogP contribution is 2.35. The Hall–Kier alpha value is -3.40. The third kappa shape index (κ3) is 6.32. The van der Waals surface area contributed by atoms with Crippen LogP contribution in [-0.4, -0.2) is 75.7 Å². The fourth-order valence-corrected chi connectivity index (χ4v) is 5.62. The Balaban J connectivity index is 1.08. The predicted molar refractivity (Wildman–Crippen MR) is 158 cm³/mol. The second-order valence-corrected chi connectivity index (χ2v) is 11.0. The SMILES string of the molecule is CN1CCN(CCOc2ccc(COc3ccccc3Nc3nc(Cl)nc4c3ncn4C3CCCC3)cc2)CC1. The fraction of sp³-hybridized carbons (Fsp3) is 0.433. The molecule has 2 fully saturated rings. The summed E-state index contributed by atoms with van der Waals surface area (Å²) in [5.41, 5.74) is 3.31. The van der Waals surface area contributed by atoms with Gasteiger partial charge in [0.25, 0.3) is 0 Å². The standard InChI is InChI=1S/C30H36ClN7O2/c1-36-14-16-37(17-15-36)18-19-39-24-12-10-22(11-13-24)20-40-26-9-5-4-8-25(26)33-28-27-29(35-30(31)34-28)38(21-32-27)23-6-2-3-7-23/h4-5,8-13,21,23H,2-3,6-7,14-20H2,1H3,(H,33,34,35). The molecule has 0 radical (unpaired) electrons. The molecule has 0 amide bonds. The van der Waals surface area contributed by atoms with Gasteiger partial charge in [0.05, 0.1) is 12.0 Å². The molecule has 1 saturated carbocycles. The molecule has 4 aromatic rings. The van der Waals surface area contributed by atoms with Crippen LogP contribution in [-0.2, 0) is 6.61 Å². The molecule has 0 atom stereocenters. The van der Waals surface area contributed by atoms with Crippen molar-refractivity contribution in [1.82, 2.24) is 29.3 Å². The first kappa shape index (κ1) is 26.8. The van der Waals surface area contributed by atoms with Crippen LogP contribution in [0.1, 0.15) is 37.3 Å². The number of nitrogens with one attached hydrogen (secondary N) is 1. The highest BCUT2D eigenvalue weighted by atomic mass is 35.5. The quantitative estimate of drug-likeness (QED) is 0.253.